The van der Waals surface area contributed by atoms with Crippen molar-refractivity contribution in [3.63, 3.8) is 0 Å². The summed E-state index contributed by atoms with van der Waals surface area (Å²) in [6, 6.07) is 2.95. The molecule has 3 amide bonds. The largest absolute Gasteiger partial charge is 0.465 e. The first-order valence-electron chi connectivity index (χ1n) is 10.4. The first kappa shape index (κ1) is 24.6. The number of pyridine rings is 1. The minimum Gasteiger partial charge on any atom is -0.465 e. The maximum Gasteiger partial charge on any atom is 0.407 e. The van der Waals surface area contributed by atoms with Gasteiger partial charge in [-0.3, -0.25) is 9.59 Å². The molecule has 0 aromatic carbocycles. The van der Waals surface area contributed by atoms with E-state index in [4.69, 9.17) is 0 Å². The van der Waals surface area contributed by atoms with Crippen molar-refractivity contribution in [3.8, 4) is 5.82 Å². The second-order valence-electron chi connectivity index (χ2n) is 8.53. The summed E-state index contributed by atoms with van der Waals surface area (Å²) in [5, 5.41) is 18.9. The molecule has 0 aliphatic carbocycles. The zero-order valence-electron chi connectivity index (χ0n) is 18.5. The van der Waals surface area contributed by atoms with E-state index in [1.807, 2.05) is 0 Å². The number of hydrogen-bond acceptors (Lipinski definition) is 5. The molecule has 178 valence electrons. The number of likely N-dealkylation sites (tertiary alicyclic amines) is 1. The molecule has 1 fully saturated rings. The lowest BCUT2D eigenvalue weighted by atomic mass is 9.85. The molecule has 3 N–H and O–H groups in total. The third-order valence-electron chi connectivity index (χ3n) is 5.62. The van der Waals surface area contributed by atoms with Gasteiger partial charge in [0.25, 0.3) is 0 Å². The molecule has 2 aromatic rings. The number of carbonyl (C=O) groups excluding carboxylic acids is 2. The van der Waals surface area contributed by atoms with Gasteiger partial charge in [0.2, 0.25) is 11.8 Å². The molecule has 1 aliphatic heterocycles. The SMILES string of the molecule is CC(NC(=O)C1(NC(=O)C(C)(C)Br)CCN(C(=O)O)CC1)c1ccc(-n2cc(F)cn2)nc1. The molecular weight excluding hydrogens is 499 g/mol. The van der Waals surface area contributed by atoms with E-state index in [-0.39, 0.29) is 31.8 Å². The van der Waals surface area contributed by atoms with Gasteiger partial charge in [0, 0.05) is 19.3 Å². The Morgan fingerprint density at radius 2 is 1.91 bits per heavy atom. The monoisotopic (exact) mass is 524 g/mol. The maximum absolute atomic E-state index is 13.4. The average molecular weight is 525 g/mol. The number of carbonyl (C=O) groups is 3. The molecule has 0 spiro atoms. The summed E-state index contributed by atoms with van der Waals surface area (Å²) in [5.41, 5.74) is -0.549. The van der Waals surface area contributed by atoms with Crippen LogP contribution in [0.4, 0.5) is 9.18 Å². The summed E-state index contributed by atoms with van der Waals surface area (Å²) < 4.78 is 13.6. The van der Waals surface area contributed by atoms with Gasteiger partial charge in [-0.25, -0.2) is 18.9 Å². The molecule has 2 aromatic heterocycles. The first-order valence-corrected chi connectivity index (χ1v) is 11.2. The van der Waals surface area contributed by atoms with Crippen LogP contribution in [0.2, 0.25) is 0 Å². The Balaban J connectivity index is 1.75. The molecule has 3 rings (SSSR count). The predicted octanol–water partition coefficient (Wildman–Crippen LogP) is 2.39. The van der Waals surface area contributed by atoms with Gasteiger partial charge in [0.1, 0.15) is 5.54 Å². The van der Waals surface area contributed by atoms with Crippen LogP contribution in [-0.2, 0) is 9.59 Å². The van der Waals surface area contributed by atoms with Crippen molar-refractivity contribution in [2.45, 2.75) is 49.5 Å². The molecular formula is C21H26BrFN6O4. The van der Waals surface area contributed by atoms with Crippen molar-refractivity contribution in [2.75, 3.05) is 13.1 Å². The van der Waals surface area contributed by atoms with Crippen LogP contribution in [-0.4, -0.2) is 65.6 Å². The topological polar surface area (TPSA) is 129 Å². The minimum absolute atomic E-state index is 0.122. The number of halogens is 2. The van der Waals surface area contributed by atoms with Crippen LogP contribution >= 0.6 is 15.9 Å². The molecule has 12 heteroatoms. The van der Waals surface area contributed by atoms with Gasteiger partial charge in [-0.1, -0.05) is 22.0 Å². The van der Waals surface area contributed by atoms with Gasteiger partial charge >= 0.3 is 6.09 Å². The van der Waals surface area contributed by atoms with Crippen LogP contribution in [0, 0.1) is 5.82 Å². The standard InChI is InChI=1S/C21H26BrFN6O4/c1-13(14-4-5-16(24-10-14)29-12-15(23)11-25-29)26-18(31)21(27-17(30)20(2,3)22)6-8-28(9-7-21)19(32)33/h4-5,10-13H,6-9H2,1-3H3,(H,26,31)(H,27,30)(H,32,33). The van der Waals surface area contributed by atoms with E-state index in [2.05, 4.69) is 36.6 Å². The average Bonchev–Trinajstić information content (AvgIpc) is 3.19. The van der Waals surface area contributed by atoms with Gasteiger partial charge < -0.3 is 20.6 Å². The van der Waals surface area contributed by atoms with E-state index < -0.39 is 33.7 Å². The highest BCUT2D eigenvalue weighted by atomic mass is 79.9. The number of amides is 3. The molecule has 33 heavy (non-hydrogen) atoms. The molecule has 3 heterocycles. The Morgan fingerprint density at radius 1 is 1.24 bits per heavy atom. The van der Waals surface area contributed by atoms with Gasteiger partial charge in [0.05, 0.1) is 22.8 Å². The number of alkyl halides is 1. The van der Waals surface area contributed by atoms with Gasteiger partial charge in [0.15, 0.2) is 11.6 Å². The van der Waals surface area contributed by atoms with Crippen LogP contribution in [0.15, 0.2) is 30.7 Å². The van der Waals surface area contributed by atoms with E-state index in [1.165, 1.54) is 15.8 Å². The summed E-state index contributed by atoms with van der Waals surface area (Å²) >= 11 is 3.31. The van der Waals surface area contributed by atoms with E-state index in [1.54, 1.807) is 39.1 Å². The lowest BCUT2D eigenvalue weighted by Crippen LogP contribution is -2.65. The van der Waals surface area contributed by atoms with E-state index in [9.17, 15) is 23.9 Å². The molecule has 0 radical (unpaired) electrons. The second kappa shape index (κ2) is 9.46. The number of nitrogens with one attached hydrogen (secondary N) is 2. The van der Waals surface area contributed by atoms with Crippen molar-refractivity contribution >= 4 is 33.8 Å². The fourth-order valence-corrected chi connectivity index (χ4v) is 3.59. The quantitative estimate of drug-likeness (QED) is 0.497. The Hall–Kier alpha value is -3.02. The Morgan fingerprint density at radius 3 is 2.39 bits per heavy atom. The van der Waals surface area contributed by atoms with Crippen molar-refractivity contribution in [2.24, 2.45) is 0 Å². The molecule has 1 aliphatic rings. The zero-order chi connectivity index (χ0) is 24.4. The zero-order valence-corrected chi connectivity index (χ0v) is 20.1. The number of nitrogens with zero attached hydrogens (tertiary/aromatic N) is 4. The number of aromatic nitrogens is 3. The van der Waals surface area contributed by atoms with Crippen molar-refractivity contribution in [1.29, 1.82) is 0 Å². The Bertz CT molecular complexity index is 1030. The number of hydrogen-bond donors (Lipinski definition) is 3. The lowest BCUT2D eigenvalue weighted by molar-refractivity contribution is -0.136. The third kappa shape index (κ3) is 5.67. The van der Waals surface area contributed by atoms with Crippen LogP contribution in [0.1, 0.15) is 45.2 Å². The van der Waals surface area contributed by atoms with Crippen LogP contribution in [0.3, 0.4) is 0 Å². The highest BCUT2D eigenvalue weighted by Crippen LogP contribution is 2.27. The van der Waals surface area contributed by atoms with E-state index in [0.29, 0.717) is 11.4 Å². The van der Waals surface area contributed by atoms with Crippen molar-refractivity contribution < 1.29 is 23.9 Å². The fourth-order valence-electron chi connectivity index (χ4n) is 3.49. The lowest BCUT2D eigenvalue weighted by Gasteiger charge is -2.41. The molecule has 1 unspecified atom stereocenters. The van der Waals surface area contributed by atoms with Crippen molar-refractivity contribution in [3.05, 3.63) is 42.1 Å². The summed E-state index contributed by atoms with van der Waals surface area (Å²) in [5.74, 6) is -0.824. The van der Waals surface area contributed by atoms with Crippen LogP contribution in [0.5, 0.6) is 0 Å². The molecule has 0 saturated carbocycles. The number of piperidine rings is 1. The van der Waals surface area contributed by atoms with Crippen LogP contribution < -0.4 is 10.6 Å². The highest BCUT2D eigenvalue weighted by molar-refractivity contribution is 9.10. The van der Waals surface area contributed by atoms with E-state index >= 15 is 0 Å². The summed E-state index contributed by atoms with van der Waals surface area (Å²) in [6.07, 6.45) is 3.07. The molecule has 0 bridgehead atoms. The minimum atomic E-state index is -1.25. The highest BCUT2D eigenvalue weighted by Gasteiger charge is 2.45. The summed E-state index contributed by atoms with van der Waals surface area (Å²) in [6.45, 7) is 5.36. The number of carboxylic acid groups (broad SMARTS) is 1. The second-order valence-corrected chi connectivity index (χ2v) is 10.5. The molecule has 1 saturated heterocycles. The van der Waals surface area contributed by atoms with Crippen molar-refractivity contribution in [1.82, 2.24) is 30.3 Å². The van der Waals surface area contributed by atoms with Gasteiger partial charge in [-0.05, 0) is 45.2 Å². The van der Waals surface area contributed by atoms with Gasteiger partial charge in [-0.2, -0.15) is 5.10 Å². The molecule has 1 atom stereocenters. The predicted molar refractivity (Wildman–Crippen MR) is 121 cm³/mol. The maximum atomic E-state index is 13.4. The third-order valence-corrected chi connectivity index (χ3v) is 5.98. The smallest absolute Gasteiger partial charge is 0.407 e. The van der Waals surface area contributed by atoms with Crippen LogP contribution in [0.25, 0.3) is 5.82 Å². The Kier molecular flexibility index (Phi) is 7.06. The summed E-state index contributed by atoms with van der Waals surface area (Å²) in [7, 11) is 0. The fraction of sp³-hybridized carbons (Fsp3) is 0.476. The molecule has 10 nitrogen and oxygen atoms in total. The summed E-state index contributed by atoms with van der Waals surface area (Å²) in [4.78, 5) is 42.8. The van der Waals surface area contributed by atoms with E-state index in [0.717, 1.165) is 6.20 Å². The first-order chi connectivity index (χ1) is 15.4. The number of rotatable bonds is 6. The van der Waals surface area contributed by atoms with Gasteiger partial charge in [-0.15, -0.1) is 0 Å². The Labute approximate surface area is 198 Å². The normalized spacial score (nSPS) is 16.7.